The van der Waals surface area contributed by atoms with E-state index in [9.17, 15) is 9.18 Å². The molecule has 0 radical (unpaired) electrons. The van der Waals surface area contributed by atoms with Gasteiger partial charge in [0.25, 0.3) is 0 Å². The average molecular weight is 226 g/mol. The second-order valence-corrected chi connectivity index (χ2v) is 3.90. The van der Waals surface area contributed by atoms with E-state index in [0.717, 1.165) is 0 Å². The maximum absolute atomic E-state index is 13.1. The minimum Gasteiger partial charge on any atom is -0.357 e. The zero-order valence-corrected chi connectivity index (χ0v) is 9.07. The van der Waals surface area contributed by atoms with E-state index >= 15 is 0 Å². The van der Waals surface area contributed by atoms with Crippen molar-refractivity contribution in [2.75, 3.05) is 0 Å². The second kappa shape index (κ2) is 3.35. The number of ketones is 1. The molecular weight excluding hydrogens is 217 g/mol. The lowest BCUT2D eigenvalue weighted by atomic mass is 10.1. The molecule has 0 aliphatic carbocycles. The average Bonchev–Trinajstić information content (AvgIpc) is 2.41. The van der Waals surface area contributed by atoms with Gasteiger partial charge in [0.15, 0.2) is 5.78 Å². The molecular formula is C11H9ClFNO. The molecule has 1 N–H and O–H groups in total. The number of hydrogen-bond donors (Lipinski definition) is 1. The van der Waals surface area contributed by atoms with Gasteiger partial charge in [-0.3, -0.25) is 4.79 Å². The third-order valence-electron chi connectivity index (χ3n) is 2.36. The Hall–Kier alpha value is -1.35. The molecule has 0 spiro atoms. The molecule has 2 rings (SSSR count). The first-order valence-corrected chi connectivity index (χ1v) is 4.86. The largest absolute Gasteiger partial charge is 0.357 e. The Kier molecular flexibility index (Phi) is 2.27. The number of Topliss-reactive ketones (excluding diaryl/α,β-unsaturated/α-hetero) is 1. The van der Waals surface area contributed by atoms with Gasteiger partial charge < -0.3 is 4.98 Å². The van der Waals surface area contributed by atoms with Gasteiger partial charge in [0.05, 0.1) is 10.5 Å². The number of nitrogens with one attached hydrogen (secondary N) is 1. The fourth-order valence-corrected chi connectivity index (χ4v) is 2.06. The number of hydrogen-bond acceptors (Lipinski definition) is 1. The summed E-state index contributed by atoms with van der Waals surface area (Å²) in [6.45, 7) is 3.22. The molecule has 15 heavy (non-hydrogen) atoms. The van der Waals surface area contributed by atoms with E-state index in [1.807, 2.05) is 0 Å². The van der Waals surface area contributed by atoms with Gasteiger partial charge >= 0.3 is 0 Å². The SMILES string of the molecule is CC(=O)c1c(C)[nH]c2c(Cl)cc(F)cc12. The molecule has 1 heterocycles. The normalized spacial score (nSPS) is 10.9. The number of fused-ring (bicyclic) bond motifs is 1. The molecule has 0 aliphatic heterocycles. The number of aryl methyl sites for hydroxylation is 1. The quantitative estimate of drug-likeness (QED) is 0.741. The fourth-order valence-electron chi connectivity index (χ4n) is 1.80. The van der Waals surface area contributed by atoms with E-state index in [1.165, 1.54) is 19.1 Å². The van der Waals surface area contributed by atoms with Crippen LogP contribution in [-0.2, 0) is 0 Å². The molecule has 0 aliphatic rings. The first kappa shape index (κ1) is 10.2. The number of benzene rings is 1. The van der Waals surface area contributed by atoms with E-state index in [0.29, 0.717) is 27.2 Å². The third-order valence-corrected chi connectivity index (χ3v) is 2.66. The topological polar surface area (TPSA) is 32.9 Å². The van der Waals surface area contributed by atoms with Crippen LogP contribution < -0.4 is 0 Å². The van der Waals surface area contributed by atoms with E-state index in [2.05, 4.69) is 4.98 Å². The summed E-state index contributed by atoms with van der Waals surface area (Å²) in [6.07, 6.45) is 0. The van der Waals surface area contributed by atoms with Crippen LogP contribution in [0.2, 0.25) is 5.02 Å². The number of halogens is 2. The molecule has 78 valence electrons. The van der Waals surface area contributed by atoms with E-state index in [1.54, 1.807) is 6.92 Å². The first-order chi connectivity index (χ1) is 7.00. The van der Waals surface area contributed by atoms with E-state index < -0.39 is 5.82 Å². The molecule has 2 aromatic rings. The maximum Gasteiger partial charge on any atom is 0.162 e. The standard InChI is InChI=1S/C11H9ClFNO/c1-5-10(6(2)15)8-3-7(13)4-9(12)11(8)14-5/h3-4,14H,1-2H3. The number of aromatic amines is 1. The van der Waals surface area contributed by atoms with E-state index in [-0.39, 0.29) is 5.78 Å². The Morgan fingerprint density at radius 3 is 2.73 bits per heavy atom. The van der Waals surface area contributed by atoms with Gasteiger partial charge in [-0.25, -0.2) is 4.39 Å². The monoisotopic (exact) mass is 225 g/mol. The number of aromatic nitrogens is 1. The predicted octanol–water partition coefficient (Wildman–Crippen LogP) is 3.47. The van der Waals surface area contributed by atoms with Crippen LogP contribution in [0.3, 0.4) is 0 Å². The Labute approximate surface area is 91.0 Å². The summed E-state index contributed by atoms with van der Waals surface area (Å²) in [7, 11) is 0. The molecule has 0 saturated carbocycles. The van der Waals surface area contributed by atoms with Crippen LogP contribution in [0.5, 0.6) is 0 Å². The number of carbonyl (C=O) groups is 1. The van der Waals surface area contributed by atoms with Crippen molar-refractivity contribution in [3.63, 3.8) is 0 Å². The Morgan fingerprint density at radius 2 is 2.13 bits per heavy atom. The molecule has 1 aromatic heterocycles. The van der Waals surface area contributed by atoms with Crippen molar-refractivity contribution >= 4 is 28.3 Å². The van der Waals surface area contributed by atoms with Gasteiger partial charge in [-0.1, -0.05) is 11.6 Å². The van der Waals surface area contributed by atoms with Crippen molar-refractivity contribution in [2.24, 2.45) is 0 Å². The molecule has 0 saturated heterocycles. The van der Waals surface area contributed by atoms with Gasteiger partial charge in [-0.2, -0.15) is 0 Å². The minimum absolute atomic E-state index is 0.0968. The van der Waals surface area contributed by atoms with Crippen LogP contribution >= 0.6 is 11.6 Å². The Morgan fingerprint density at radius 1 is 1.47 bits per heavy atom. The smallest absolute Gasteiger partial charge is 0.162 e. The lowest BCUT2D eigenvalue weighted by molar-refractivity contribution is 0.101. The van der Waals surface area contributed by atoms with Crippen molar-refractivity contribution in [2.45, 2.75) is 13.8 Å². The molecule has 4 heteroatoms. The van der Waals surface area contributed by atoms with Gasteiger partial charge in [0.1, 0.15) is 5.82 Å². The zero-order valence-electron chi connectivity index (χ0n) is 8.32. The molecule has 0 bridgehead atoms. The first-order valence-electron chi connectivity index (χ1n) is 4.49. The van der Waals surface area contributed by atoms with Crippen molar-refractivity contribution in [1.29, 1.82) is 0 Å². The van der Waals surface area contributed by atoms with Crippen molar-refractivity contribution in [3.05, 3.63) is 34.2 Å². The lowest BCUT2D eigenvalue weighted by Gasteiger charge is -1.96. The molecule has 0 fully saturated rings. The van der Waals surface area contributed by atoms with Crippen LogP contribution in [0.25, 0.3) is 10.9 Å². The fraction of sp³-hybridized carbons (Fsp3) is 0.182. The van der Waals surface area contributed by atoms with Gasteiger partial charge in [-0.15, -0.1) is 0 Å². The van der Waals surface area contributed by atoms with Crippen LogP contribution in [0, 0.1) is 12.7 Å². The summed E-state index contributed by atoms with van der Waals surface area (Å²) in [5.74, 6) is -0.533. The third kappa shape index (κ3) is 1.53. The maximum atomic E-state index is 13.1. The van der Waals surface area contributed by atoms with Gasteiger partial charge in [-0.05, 0) is 26.0 Å². The highest BCUT2D eigenvalue weighted by Crippen LogP contribution is 2.29. The Bertz CT molecular complexity index is 559. The summed E-state index contributed by atoms with van der Waals surface area (Å²) in [5, 5.41) is 0.839. The summed E-state index contributed by atoms with van der Waals surface area (Å²) in [6, 6.07) is 2.55. The van der Waals surface area contributed by atoms with Crippen molar-refractivity contribution < 1.29 is 9.18 Å². The zero-order chi connectivity index (χ0) is 11.2. The Balaban J connectivity index is 2.93. The summed E-state index contributed by atoms with van der Waals surface area (Å²) >= 11 is 5.87. The highest BCUT2D eigenvalue weighted by atomic mass is 35.5. The highest BCUT2D eigenvalue weighted by molar-refractivity contribution is 6.35. The second-order valence-electron chi connectivity index (χ2n) is 3.49. The molecule has 2 nitrogen and oxygen atoms in total. The van der Waals surface area contributed by atoms with Gasteiger partial charge in [0, 0.05) is 16.6 Å². The minimum atomic E-state index is -0.436. The summed E-state index contributed by atoms with van der Waals surface area (Å²) < 4.78 is 13.1. The highest BCUT2D eigenvalue weighted by Gasteiger charge is 2.15. The molecule has 0 unspecified atom stereocenters. The number of rotatable bonds is 1. The predicted molar refractivity (Wildman–Crippen MR) is 58.0 cm³/mol. The van der Waals surface area contributed by atoms with Crippen LogP contribution in [0.4, 0.5) is 4.39 Å². The number of H-pyrrole nitrogens is 1. The van der Waals surface area contributed by atoms with Gasteiger partial charge in [0.2, 0.25) is 0 Å². The van der Waals surface area contributed by atoms with Crippen LogP contribution in [0.15, 0.2) is 12.1 Å². The van der Waals surface area contributed by atoms with Crippen molar-refractivity contribution in [1.82, 2.24) is 4.98 Å². The van der Waals surface area contributed by atoms with E-state index in [4.69, 9.17) is 11.6 Å². The molecule has 0 amide bonds. The summed E-state index contributed by atoms with van der Waals surface area (Å²) in [4.78, 5) is 14.4. The van der Waals surface area contributed by atoms with Crippen molar-refractivity contribution in [3.8, 4) is 0 Å². The van der Waals surface area contributed by atoms with Crippen LogP contribution in [0.1, 0.15) is 23.0 Å². The molecule has 1 aromatic carbocycles. The van der Waals surface area contributed by atoms with Crippen LogP contribution in [-0.4, -0.2) is 10.8 Å². The lowest BCUT2D eigenvalue weighted by Crippen LogP contribution is -1.92. The summed E-state index contributed by atoms with van der Waals surface area (Å²) in [5.41, 5.74) is 1.83. The number of carbonyl (C=O) groups excluding carboxylic acids is 1. The molecule has 0 atom stereocenters.